The molecule has 0 aromatic heterocycles. The molecule has 1 aliphatic rings. The van der Waals surface area contributed by atoms with E-state index in [0.29, 0.717) is 0 Å². The van der Waals surface area contributed by atoms with Gasteiger partial charge in [0.1, 0.15) is 0 Å². The van der Waals surface area contributed by atoms with E-state index in [4.69, 9.17) is 0 Å². The molecule has 0 amide bonds. The van der Waals surface area contributed by atoms with E-state index in [9.17, 15) is 0 Å². The minimum absolute atomic E-state index is 0.927. The van der Waals surface area contributed by atoms with E-state index in [1.165, 1.54) is 0 Å². The van der Waals surface area contributed by atoms with Gasteiger partial charge < -0.3 is 0 Å². The highest BCUT2D eigenvalue weighted by Crippen LogP contribution is 2.25. The highest BCUT2D eigenvalue weighted by atomic mass is 79.9. The maximum Gasteiger partial charge on any atom is 0.0903 e. The second kappa shape index (κ2) is 9.90. The molecule has 2 nitrogen and oxygen atoms in total. The molecule has 0 bridgehead atoms. The molecule has 0 spiro atoms. The predicted octanol–water partition coefficient (Wildman–Crippen LogP) is 6.48. The zero-order chi connectivity index (χ0) is 18.3. The lowest BCUT2D eigenvalue weighted by atomic mass is 9.86. The molecule has 0 unspecified atom stereocenters. The first-order valence-electron chi connectivity index (χ1n) is 7.70. The van der Waals surface area contributed by atoms with E-state index in [1.807, 2.05) is 40.1 Å². The van der Waals surface area contributed by atoms with Gasteiger partial charge in [0.15, 0.2) is 0 Å². The van der Waals surface area contributed by atoms with Crippen molar-refractivity contribution in [3.05, 3.63) is 67.7 Å². The normalized spacial score (nSPS) is 21.3. The van der Waals surface area contributed by atoms with Crippen molar-refractivity contribution in [3.63, 3.8) is 0 Å². The van der Waals surface area contributed by atoms with Gasteiger partial charge in [0.2, 0.25) is 0 Å². The minimum Gasteiger partial charge on any atom is -0.286 e. The third kappa shape index (κ3) is 5.67. The fourth-order valence-corrected chi connectivity index (χ4v) is 2.59. The first kappa shape index (κ1) is 20.8. The van der Waals surface area contributed by atoms with Gasteiger partial charge in [-0.2, -0.15) is 0 Å². The number of halogens is 2. The molecule has 0 radical (unpaired) electrons. The molecule has 24 heavy (non-hydrogen) atoms. The molecule has 128 valence electrons. The number of hydrogen-bond acceptors (Lipinski definition) is 2. The van der Waals surface area contributed by atoms with Crippen LogP contribution in [0, 0.1) is 0 Å². The zero-order valence-electron chi connectivity index (χ0n) is 15.1. The molecule has 0 aromatic rings. The SMILES string of the molecule is CN=C1C(/C(C)=C/C=C(\C)Br)=CC=C(/C(C)=C/C=C(\C)Br)C1=NC. The molecule has 0 saturated heterocycles. The molecule has 0 aromatic carbocycles. The first-order valence-corrected chi connectivity index (χ1v) is 9.29. The third-order valence-corrected chi connectivity index (χ3v) is 4.10. The molecule has 0 fully saturated rings. The number of hydrogen-bond donors (Lipinski definition) is 0. The van der Waals surface area contributed by atoms with Crippen LogP contribution in [0.4, 0.5) is 0 Å². The van der Waals surface area contributed by atoms with Crippen molar-refractivity contribution in [1.29, 1.82) is 0 Å². The van der Waals surface area contributed by atoms with Crippen molar-refractivity contribution in [1.82, 2.24) is 0 Å². The maximum absolute atomic E-state index is 4.51. The Hall–Kier alpha value is -1.26. The van der Waals surface area contributed by atoms with Crippen LogP contribution in [0.25, 0.3) is 0 Å². The Labute approximate surface area is 162 Å². The minimum atomic E-state index is 0.927. The zero-order valence-corrected chi connectivity index (χ0v) is 18.3. The van der Waals surface area contributed by atoms with E-state index in [-0.39, 0.29) is 0 Å². The summed E-state index contributed by atoms with van der Waals surface area (Å²) in [5.74, 6) is 0. The summed E-state index contributed by atoms with van der Waals surface area (Å²) < 4.78 is 2.18. The van der Waals surface area contributed by atoms with Crippen LogP contribution in [0.5, 0.6) is 0 Å². The molecule has 0 N–H and O–H groups in total. The Morgan fingerprint density at radius 2 is 1.04 bits per heavy atom. The summed E-state index contributed by atoms with van der Waals surface area (Å²) in [7, 11) is 3.63. The average Bonchev–Trinajstić information content (AvgIpc) is 2.55. The molecule has 4 heteroatoms. The second-order valence-corrected chi connectivity index (χ2v) is 8.01. The van der Waals surface area contributed by atoms with Crippen LogP contribution in [0.3, 0.4) is 0 Å². The number of rotatable bonds is 4. The summed E-state index contributed by atoms with van der Waals surface area (Å²) in [4.78, 5) is 9.02. The molecule has 0 heterocycles. The number of allylic oxidation sites excluding steroid dienone is 12. The van der Waals surface area contributed by atoms with Crippen molar-refractivity contribution < 1.29 is 0 Å². The molecule has 0 saturated carbocycles. The fraction of sp³-hybridized carbons (Fsp3) is 0.300. The van der Waals surface area contributed by atoms with Crippen LogP contribution >= 0.6 is 31.9 Å². The molecular weight excluding hydrogens is 428 g/mol. The summed E-state index contributed by atoms with van der Waals surface area (Å²) in [5.41, 5.74) is 6.37. The highest BCUT2D eigenvalue weighted by Gasteiger charge is 2.22. The fourth-order valence-electron chi connectivity index (χ4n) is 2.33. The molecular formula is C20H24Br2N2. The number of aliphatic imine (C=N–C) groups is 2. The van der Waals surface area contributed by atoms with Crippen LogP contribution in [-0.2, 0) is 0 Å². The van der Waals surface area contributed by atoms with Gasteiger partial charge in [0.05, 0.1) is 11.4 Å². The maximum atomic E-state index is 4.51. The molecule has 0 atom stereocenters. The van der Waals surface area contributed by atoms with Gasteiger partial charge in [-0.3, -0.25) is 9.98 Å². The Bertz CT molecular complexity index is 668. The van der Waals surface area contributed by atoms with E-state index < -0.39 is 0 Å². The van der Waals surface area contributed by atoms with Gasteiger partial charge in [-0.1, -0.05) is 68.3 Å². The lowest BCUT2D eigenvalue weighted by molar-refractivity contribution is 1.34. The van der Waals surface area contributed by atoms with Crippen LogP contribution in [0.1, 0.15) is 27.7 Å². The van der Waals surface area contributed by atoms with Crippen LogP contribution < -0.4 is 0 Å². The Morgan fingerprint density at radius 3 is 1.29 bits per heavy atom. The van der Waals surface area contributed by atoms with Crippen LogP contribution in [0.2, 0.25) is 0 Å². The van der Waals surface area contributed by atoms with E-state index in [2.05, 4.69) is 80.0 Å². The van der Waals surface area contributed by atoms with Gasteiger partial charge in [-0.05, 0) is 47.8 Å². The van der Waals surface area contributed by atoms with Gasteiger partial charge in [-0.15, -0.1) is 0 Å². The van der Waals surface area contributed by atoms with E-state index in [1.54, 1.807) is 0 Å². The van der Waals surface area contributed by atoms with Crippen LogP contribution in [-0.4, -0.2) is 25.5 Å². The van der Waals surface area contributed by atoms with Gasteiger partial charge >= 0.3 is 0 Å². The van der Waals surface area contributed by atoms with Gasteiger partial charge in [-0.25, -0.2) is 0 Å². The van der Waals surface area contributed by atoms with Crippen LogP contribution in [0.15, 0.2) is 77.7 Å². The first-order chi connectivity index (χ1) is 11.3. The second-order valence-electron chi connectivity index (χ2n) is 5.51. The van der Waals surface area contributed by atoms with E-state index in [0.717, 1.165) is 42.7 Å². The standard InChI is InChI=1S/C20H24Br2N2/c1-13(7-9-15(3)21)17-11-12-18(14(2)8-10-16(4)22)20(24-6)19(17)23-5/h7-12H,1-6H3/b13-7+,14-8+,15-9+,16-10+,23-19?,24-20?. The van der Waals surface area contributed by atoms with Crippen molar-refractivity contribution in [3.8, 4) is 0 Å². The Kier molecular flexibility index (Phi) is 8.57. The van der Waals surface area contributed by atoms with Crippen molar-refractivity contribution in [2.24, 2.45) is 9.98 Å². The summed E-state index contributed by atoms with van der Waals surface area (Å²) in [6, 6.07) is 0. The average molecular weight is 452 g/mol. The van der Waals surface area contributed by atoms with E-state index >= 15 is 0 Å². The monoisotopic (exact) mass is 450 g/mol. The summed E-state index contributed by atoms with van der Waals surface area (Å²) in [5, 5.41) is 0. The lowest BCUT2D eigenvalue weighted by Gasteiger charge is -2.20. The smallest absolute Gasteiger partial charge is 0.0903 e. The van der Waals surface area contributed by atoms with Gasteiger partial charge in [0, 0.05) is 25.2 Å². The Balaban J connectivity index is 3.42. The van der Waals surface area contributed by atoms with Crippen molar-refractivity contribution >= 4 is 43.3 Å². The largest absolute Gasteiger partial charge is 0.286 e. The van der Waals surface area contributed by atoms with Crippen molar-refractivity contribution in [2.45, 2.75) is 27.7 Å². The quantitative estimate of drug-likeness (QED) is 0.345. The van der Waals surface area contributed by atoms with Crippen molar-refractivity contribution in [2.75, 3.05) is 14.1 Å². The summed E-state index contributed by atoms with van der Waals surface area (Å²) >= 11 is 6.91. The third-order valence-electron chi connectivity index (χ3n) is 3.57. The topological polar surface area (TPSA) is 24.7 Å². The van der Waals surface area contributed by atoms with Gasteiger partial charge in [0.25, 0.3) is 0 Å². The number of nitrogens with zero attached hydrogens (tertiary/aromatic N) is 2. The summed E-state index contributed by atoms with van der Waals surface area (Å²) in [6.45, 7) is 8.21. The summed E-state index contributed by atoms with van der Waals surface area (Å²) in [6.07, 6.45) is 12.5. The molecule has 0 aliphatic heterocycles. The highest BCUT2D eigenvalue weighted by molar-refractivity contribution is 9.12. The Morgan fingerprint density at radius 1 is 0.708 bits per heavy atom. The molecule has 1 rings (SSSR count). The lowest BCUT2D eigenvalue weighted by Crippen LogP contribution is -2.23. The molecule has 1 aliphatic carbocycles. The predicted molar refractivity (Wildman–Crippen MR) is 116 cm³/mol.